The van der Waals surface area contributed by atoms with Crippen LogP contribution in [0.15, 0.2) is 85.1 Å². The van der Waals surface area contributed by atoms with Crippen LogP contribution in [0.25, 0.3) is 10.9 Å². The lowest BCUT2D eigenvalue weighted by atomic mass is 10.0. The Bertz CT molecular complexity index is 1210. The zero-order valence-corrected chi connectivity index (χ0v) is 18.1. The quantitative estimate of drug-likeness (QED) is 0.380. The first-order valence-electron chi connectivity index (χ1n) is 10.8. The molecule has 32 heavy (non-hydrogen) atoms. The standard InChI is InChI=1S/C27H27N3O2/c1-19-9-5-7-13-23(19)30-27(32)25(17-21-18-28-24-14-8-6-12-22(21)24)29-26(31)16-15-20-10-3-2-4-11-20/h2-14,18,25,28H,15-17H2,1H3,(H,29,31)(H,30,32). The number of carbonyl (C=O) groups is 2. The van der Waals surface area contributed by atoms with Gasteiger partial charge in [0, 0.05) is 35.6 Å². The number of hydrogen-bond donors (Lipinski definition) is 3. The fourth-order valence-electron chi connectivity index (χ4n) is 3.83. The highest BCUT2D eigenvalue weighted by Crippen LogP contribution is 2.20. The Balaban J connectivity index is 1.50. The van der Waals surface area contributed by atoms with Crippen LogP contribution in [0, 0.1) is 6.92 Å². The molecule has 3 aromatic carbocycles. The Morgan fingerprint density at radius 1 is 0.906 bits per heavy atom. The molecule has 4 aromatic rings. The minimum Gasteiger partial charge on any atom is -0.361 e. The van der Waals surface area contributed by atoms with E-state index in [9.17, 15) is 9.59 Å². The van der Waals surface area contributed by atoms with Crippen molar-refractivity contribution < 1.29 is 9.59 Å². The number of fused-ring (bicyclic) bond motifs is 1. The van der Waals surface area contributed by atoms with E-state index in [0.717, 1.165) is 33.3 Å². The van der Waals surface area contributed by atoms with Gasteiger partial charge in [-0.3, -0.25) is 9.59 Å². The average Bonchev–Trinajstić information content (AvgIpc) is 3.22. The molecule has 5 heteroatoms. The van der Waals surface area contributed by atoms with Crippen LogP contribution in [0.5, 0.6) is 0 Å². The van der Waals surface area contributed by atoms with Gasteiger partial charge in [0.15, 0.2) is 0 Å². The number of H-pyrrole nitrogens is 1. The van der Waals surface area contributed by atoms with Gasteiger partial charge in [0.05, 0.1) is 0 Å². The van der Waals surface area contributed by atoms with Gasteiger partial charge in [-0.2, -0.15) is 0 Å². The number of para-hydroxylation sites is 2. The Hall–Kier alpha value is -3.86. The normalized spacial score (nSPS) is 11.8. The number of aryl methyl sites for hydroxylation is 2. The van der Waals surface area contributed by atoms with E-state index in [0.29, 0.717) is 19.3 Å². The number of hydrogen-bond acceptors (Lipinski definition) is 2. The Kier molecular flexibility index (Phi) is 6.66. The molecular formula is C27H27N3O2. The van der Waals surface area contributed by atoms with Crippen molar-refractivity contribution >= 4 is 28.4 Å². The van der Waals surface area contributed by atoms with Crippen molar-refractivity contribution in [3.05, 3.63) is 102 Å². The summed E-state index contributed by atoms with van der Waals surface area (Å²) in [6.45, 7) is 1.95. The van der Waals surface area contributed by atoms with Crippen LogP contribution in [0.2, 0.25) is 0 Å². The number of amides is 2. The van der Waals surface area contributed by atoms with Crippen LogP contribution in [-0.4, -0.2) is 22.8 Å². The summed E-state index contributed by atoms with van der Waals surface area (Å²) < 4.78 is 0. The lowest BCUT2D eigenvalue weighted by Crippen LogP contribution is -2.45. The van der Waals surface area contributed by atoms with E-state index in [4.69, 9.17) is 0 Å². The third kappa shape index (κ3) is 5.24. The molecule has 1 unspecified atom stereocenters. The lowest BCUT2D eigenvalue weighted by molar-refractivity contribution is -0.126. The van der Waals surface area contributed by atoms with Crippen molar-refractivity contribution in [3.8, 4) is 0 Å². The first-order chi connectivity index (χ1) is 15.6. The number of rotatable bonds is 8. The Morgan fingerprint density at radius 3 is 2.44 bits per heavy atom. The molecule has 0 bridgehead atoms. The summed E-state index contributed by atoms with van der Waals surface area (Å²) in [5.41, 5.74) is 4.83. The van der Waals surface area contributed by atoms with Crippen LogP contribution in [0.4, 0.5) is 5.69 Å². The van der Waals surface area contributed by atoms with Gasteiger partial charge >= 0.3 is 0 Å². The minimum absolute atomic E-state index is 0.140. The third-order valence-corrected chi connectivity index (χ3v) is 5.64. The van der Waals surface area contributed by atoms with E-state index in [1.54, 1.807) is 0 Å². The first kappa shape index (κ1) is 21.4. The van der Waals surface area contributed by atoms with Gasteiger partial charge in [-0.1, -0.05) is 66.7 Å². The molecule has 0 saturated carbocycles. The maximum absolute atomic E-state index is 13.2. The number of nitrogens with one attached hydrogen (secondary N) is 3. The lowest BCUT2D eigenvalue weighted by Gasteiger charge is -2.19. The zero-order chi connectivity index (χ0) is 22.3. The molecule has 0 aliphatic heterocycles. The number of benzene rings is 3. The summed E-state index contributed by atoms with van der Waals surface area (Å²) in [6, 6.07) is 24.8. The highest BCUT2D eigenvalue weighted by Gasteiger charge is 2.23. The Labute approximate surface area is 187 Å². The highest BCUT2D eigenvalue weighted by atomic mass is 16.2. The monoisotopic (exact) mass is 425 g/mol. The molecule has 0 aliphatic rings. The Morgan fingerprint density at radius 2 is 1.62 bits per heavy atom. The molecule has 0 aliphatic carbocycles. The molecule has 3 N–H and O–H groups in total. The SMILES string of the molecule is Cc1ccccc1NC(=O)C(Cc1c[nH]c2ccccc12)NC(=O)CCc1ccccc1. The van der Waals surface area contributed by atoms with E-state index < -0.39 is 6.04 Å². The van der Waals surface area contributed by atoms with Crippen LogP contribution < -0.4 is 10.6 Å². The number of carbonyl (C=O) groups excluding carboxylic acids is 2. The van der Waals surface area contributed by atoms with Gasteiger partial charge in [-0.15, -0.1) is 0 Å². The van der Waals surface area contributed by atoms with Crippen LogP contribution >= 0.6 is 0 Å². The maximum Gasteiger partial charge on any atom is 0.247 e. The van der Waals surface area contributed by atoms with E-state index in [-0.39, 0.29) is 11.8 Å². The molecule has 1 aromatic heterocycles. The molecule has 0 fully saturated rings. The second-order valence-electron chi connectivity index (χ2n) is 7.97. The molecular weight excluding hydrogens is 398 g/mol. The topological polar surface area (TPSA) is 74.0 Å². The smallest absolute Gasteiger partial charge is 0.247 e. The number of aromatic amines is 1. The molecule has 1 heterocycles. The third-order valence-electron chi connectivity index (χ3n) is 5.64. The van der Waals surface area contributed by atoms with Crippen molar-refractivity contribution in [3.63, 3.8) is 0 Å². The largest absolute Gasteiger partial charge is 0.361 e. The van der Waals surface area contributed by atoms with Crippen molar-refractivity contribution in [1.82, 2.24) is 10.3 Å². The van der Waals surface area contributed by atoms with Gasteiger partial charge in [0.1, 0.15) is 6.04 Å². The zero-order valence-electron chi connectivity index (χ0n) is 18.1. The fourth-order valence-corrected chi connectivity index (χ4v) is 3.83. The second kappa shape index (κ2) is 9.96. The molecule has 1 atom stereocenters. The first-order valence-corrected chi connectivity index (χ1v) is 10.8. The summed E-state index contributed by atoms with van der Waals surface area (Å²) in [4.78, 5) is 29.2. The number of anilines is 1. The minimum atomic E-state index is -0.683. The highest BCUT2D eigenvalue weighted by molar-refractivity contribution is 5.98. The predicted octanol–water partition coefficient (Wildman–Crippen LogP) is 4.78. The van der Waals surface area contributed by atoms with Crippen LogP contribution in [0.3, 0.4) is 0 Å². The molecule has 4 rings (SSSR count). The molecule has 0 spiro atoms. The molecule has 0 radical (unpaired) electrons. The number of aromatic nitrogens is 1. The van der Waals surface area contributed by atoms with E-state index in [2.05, 4.69) is 15.6 Å². The van der Waals surface area contributed by atoms with E-state index >= 15 is 0 Å². The van der Waals surface area contributed by atoms with Gasteiger partial charge in [0.2, 0.25) is 11.8 Å². The predicted molar refractivity (Wildman–Crippen MR) is 129 cm³/mol. The van der Waals surface area contributed by atoms with E-state index in [1.807, 2.05) is 92.0 Å². The van der Waals surface area contributed by atoms with Gasteiger partial charge < -0.3 is 15.6 Å². The average molecular weight is 426 g/mol. The molecule has 5 nitrogen and oxygen atoms in total. The van der Waals surface area contributed by atoms with Gasteiger partial charge in [0.25, 0.3) is 0 Å². The second-order valence-corrected chi connectivity index (χ2v) is 7.97. The summed E-state index contributed by atoms with van der Waals surface area (Å²) in [5.74, 6) is -0.365. The van der Waals surface area contributed by atoms with Crippen LogP contribution in [-0.2, 0) is 22.4 Å². The molecule has 2 amide bonds. The summed E-state index contributed by atoms with van der Waals surface area (Å²) in [6.07, 6.45) is 3.27. The van der Waals surface area contributed by atoms with Crippen molar-refractivity contribution in [1.29, 1.82) is 0 Å². The fraction of sp³-hybridized carbons (Fsp3) is 0.185. The summed E-state index contributed by atoms with van der Waals surface area (Å²) >= 11 is 0. The van der Waals surface area contributed by atoms with Gasteiger partial charge in [-0.25, -0.2) is 0 Å². The van der Waals surface area contributed by atoms with Crippen molar-refractivity contribution in [2.24, 2.45) is 0 Å². The van der Waals surface area contributed by atoms with Crippen molar-refractivity contribution in [2.45, 2.75) is 32.2 Å². The summed E-state index contributed by atoms with van der Waals surface area (Å²) in [5, 5.41) is 7.01. The van der Waals surface area contributed by atoms with Crippen molar-refractivity contribution in [2.75, 3.05) is 5.32 Å². The maximum atomic E-state index is 13.2. The summed E-state index contributed by atoms with van der Waals surface area (Å²) in [7, 11) is 0. The molecule has 0 saturated heterocycles. The van der Waals surface area contributed by atoms with Crippen LogP contribution in [0.1, 0.15) is 23.1 Å². The molecule has 162 valence electrons. The van der Waals surface area contributed by atoms with E-state index in [1.165, 1.54) is 0 Å². The van der Waals surface area contributed by atoms with Gasteiger partial charge in [-0.05, 0) is 42.2 Å².